The van der Waals surface area contributed by atoms with Crippen LogP contribution in [0.2, 0.25) is 0 Å². The number of hydrogen-bond acceptors (Lipinski definition) is 5. The molecular weight excluding hydrogens is 483 g/mol. The Bertz CT molecular complexity index is 1250. The molecule has 5 rings (SSSR count). The van der Waals surface area contributed by atoms with Gasteiger partial charge in [-0.3, -0.25) is 9.09 Å². The summed E-state index contributed by atoms with van der Waals surface area (Å²) in [6, 6.07) is 39.3. The summed E-state index contributed by atoms with van der Waals surface area (Å²) in [7, 11) is -3.59. The molecule has 0 unspecified atom stereocenters. The molecule has 5 nitrogen and oxygen atoms in total. The highest BCUT2D eigenvalue weighted by Crippen LogP contribution is 2.54. The standard InChI is InChI=1S/C31H29O5P/c32-29-21-22-37(33,35-23-25-13-5-1-6-14-25)36-30(29)24-34-31(26-15-7-2-8-16-26,27-17-9-3-10-18-27)28-19-11-4-12-20-28/h1-22,29-30,32H,23-24H2/t29-,30+,37+/m0/s1. The zero-order chi connectivity index (χ0) is 25.6. The molecule has 0 radical (unpaired) electrons. The lowest BCUT2D eigenvalue weighted by Crippen LogP contribution is -2.40. The van der Waals surface area contributed by atoms with E-state index in [1.165, 1.54) is 11.9 Å². The Morgan fingerprint density at radius 1 is 0.730 bits per heavy atom. The summed E-state index contributed by atoms with van der Waals surface area (Å²) in [4.78, 5) is 0. The molecule has 1 heterocycles. The molecule has 0 amide bonds. The highest BCUT2D eigenvalue weighted by Gasteiger charge is 2.41. The molecule has 1 aliphatic rings. The first-order valence-corrected chi connectivity index (χ1v) is 13.8. The second kappa shape index (κ2) is 11.4. The minimum atomic E-state index is -3.59. The summed E-state index contributed by atoms with van der Waals surface area (Å²) in [5, 5.41) is 10.7. The van der Waals surface area contributed by atoms with Crippen LogP contribution in [0.4, 0.5) is 0 Å². The zero-order valence-corrected chi connectivity index (χ0v) is 21.2. The molecule has 0 fully saturated rings. The van der Waals surface area contributed by atoms with Crippen LogP contribution in [0.25, 0.3) is 0 Å². The zero-order valence-electron chi connectivity index (χ0n) is 20.3. The lowest BCUT2D eigenvalue weighted by molar-refractivity contribution is -0.0634. The molecule has 4 aromatic rings. The Balaban J connectivity index is 1.45. The van der Waals surface area contributed by atoms with Crippen molar-refractivity contribution in [2.45, 2.75) is 24.4 Å². The first kappa shape index (κ1) is 25.3. The molecule has 0 bridgehead atoms. The number of aliphatic hydroxyl groups excluding tert-OH is 1. The van der Waals surface area contributed by atoms with Gasteiger partial charge in [0, 0.05) is 5.82 Å². The Kier molecular flexibility index (Phi) is 7.80. The third kappa shape index (κ3) is 5.67. The smallest absolute Gasteiger partial charge is 0.354 e. The van der Waals surface area contributed by atoms with E-state index in [1.807, 2.05) is 121 Å². The molecule has 0 spiro atoms. The number of benzene rings is 4. The van der Waals surface area contributed by atoms with E-state index in [0.29, 0.717) is 0 Å². The quantitative estimate of drug-likeness (QED) is 0.200. The van der Waals surface area contributed by atoms with Gasteiger partial charge in [-0.05, 0) is 28.3 Å². The van der Waals surface area contributed by atoms with Crippen molar-refractivity contribution in [3.63, 3.8) is 0 Å². The van der Waals surface area contributed by atoms with Gasteiger partial charge in [0.2, 0.25) is 0 Å². The Morgan fingerprint density at radius 2 is 1.19 bits per heavy atom. The van der Waals surface area contributed by atoms with E-state index < -0.39 is 25.4 Å². The Labute approximate surface area is 217 Å². The largest absolute Gasteiger partial charge is 0.386 e. The highest BCUT2D eigenvalue weighted by atomic mass is 31.2. The molecule has 0 saturated heterocycles. The van der Waals surface area contributed by atoms with Crippen LogP contribution < -0.4 is 0 Å². The topological polar surface area (TPSA) is 65.0 Å². The lowest BCUT2D eigenvalue weighted by Gasteiger charge is -2.38. The number of ether oxygens (including phenoxy) is 1. The van der Waals surface area contributed by atoms with Gasteiger partial charge in [-0.2, -0.15) is 0 Å². The van der Waals surface area contributed by atoms with E-state index in [-0.39, 0.29) is 13.2 Å². The minimum absolute atomic E-state index is 0.0249. The van der Waals surface area contributed by atoms with Gasteiger partial charge in [0.1, 0.15) is 17.8 Å². The molecule has 188 valence electrons. The Hall–Kier alpha value is -3.31. The summed E-state index contributed by atoms with van der Waals surface area (Å²) >= 11 is 0. The van der Waals surface area contributed by atoms with Crippen molar-refractivity contribution < 1.29 is 23.5 Å². The molecule has 3 atom stereocenters. The fourth-order valence-electron chi connectivity index (χ4n) is 4.52. The maximum absolute atomic E-state index is 13.4. The second-order valence-corrected chi connectivity index (χ2v) is 10.7. The van der Waals surface area contributed by atoms with Crippen LogP contribution in [-0.2, 0) is 30.6 Å². The maximum Gasteiger partial charge on any atom is 0.354 e. The average molecular weight is 513 g/mol. The van der Waals surface area contributed by atoms with Crippen molar-refractivity contribution in [2.75, 3.05) is 6.61 Å². The van der Waals surface area contributed by atoms with Crippen molar-refractivity contribution in [2.24, 2.45) is 0 Å². The van der Waals surface area contributed by atoms with Crippen LogP contribution in [0.5, 0.6) is 0 Å². The summed E-state index contributed by atoms with van der Waals surface area (Å²) < 4.78 is 31.7. The summed E-state index contributed by atoms with van der Waals surface area (Å²) in [5.41, 5.74) is 2.68. The van der Waals surface area contributed by atoms with Gasteiger partial charge < -0.3 is 14.4 Å². The molecule has 1 N–H and O–H groups in total. The van der Waals surface area contributed by atoms with Gasteiger partial charge in [-0.1, -0.05) is 121 Å². The van der Waals surface area contributed by atoms with Crippen LogP contribution in [0.1, 0.15) is 22.3 Å². The predicted octanol–water partition coefficient (Wildman–Crippen LogP) is 6.68. The fourth-order valence-corrected chi connectivity index (χ4v) is 6.02. The van der Waals surface area contributed by atoms with Gasteiger partial charge in [0.25, 0.3) is 0 Å². The first-order chi connectivity index (χ1) is 18.1. The Morgan fingerprint density at radius 3 is 1.68 bits per heavy atom. The first-order valence-electron chi connectivity index (χ1n) is 12.2. The molecule has 4 aromatic carbocycles. The normalized spacial score (nSPS) is 21.5. The minimum Gasteiger partial charge on any atom is -0.386 e. The van der Waals surface area contributed by atoms with Crippen molar-refractivity contribution in [3.05, 3.63) is 155 Å². The average Bonchev–Trinajstić information content (AvgIpc) is 2.97. The summed E-state index contributed by atoms with van der Waals surface area (Å²) in [6.07, 6.45) is -0.414. The van der Waals surface area contributed by atoms with Crippen LogP contribution in [-0.4, -0.2) is 23.9 Å². The molecule has 0 saturated carbocycles. The summed E-state index contributed by atoms with van der Waals surface area (Å²) in [5.74, 6) is 1.33. The number of rotatable bonds is 9. The van der Waals surface area contributed by atoms with Crippen LogP contribution in [0.3, 0.4) is 0 Å². The lowest BCUT2D eigenvalue weighted by atomic mass is 9.80. The monoisotopic (exact) mass is 512 g/mol. The van der Waals surface area contributed by atoms with Crippen LogP contribution in [0, 0.1) is 0 Å². The number of aliphatic hydroxyl groups is 1. The highest BCUT2D eigenvalue weighted by molar-refractivity contribution is 7.57. The van der Waals surface area contributed by atoms with E-state index >= 15 is 0 Å². The van der Waals surface area contributed by atoms with Gasteiger partial charge in [-0.25, -0.2) is 0 Å². The second-order valence-electron chi connectivity index (χ2n) is 8.87. The molecule has 6 heteroatoms. The van der Waals surface area contributed by atoms with E-state index in [4.69, 9.17) is 13.8 Å². The molecule has 1 aliphatic heterocycles. The van der Waals surface area contributed by atoms with Crippen molar-refractivity contribution in [1.82, 2.24) is 0 Å². The maximum atomic E-state index is 13.4. The molecule has 0 aliphatic carbocycles. The van der Waals surface area contributed by atoms with Gasteiger partial charge in [0.15, 0.2) is 0 Å². The third-order valence-electron chi connectivity index (χ3n) is 6.39. The van der Waals surface area contributed by atoms with Gasteiger partial charge in [0.05, 0.1) is 13.2 Å². The van der Waals surface area contributed by atoms with Gasteiger partial charge >= 0.3 is 7.60 Å². The van der Waals surface area contributed by atoms with Crippen LogP contribution >= 0.6 is 7.60 Å². The predicted molar refractivity (Wildman–Crippen MR) is 144 cm³/mol. The van der Waals surface area contributed by atoms with E-state index in [0.717, 1.165) is 22.3 Å². The molecular formula is C31H29O5P. The van der Waals surface area contributed by atoms with Crippen molar-refractivity contribution in [3.8, 4) is 0 Å². The molecule has 0 aromatic heterocycles. The summed E-state index contributed by atoms with van der Waals surface area (Å²) in [6.45, 7) is 0.108. The number of hydrogen-bond donors (Lipinski definition) is 1. The van der Waals surface area contributed by atoms with E-state index in [2.05, 4.69) is 0 Å². The third-order valence-corrected chi connectivity index (χ3v) is 7.98. The fraction of sp³-hybridized carbons (Fsp3) is 0.161. The van der Waals surface area contributed by atoms with E-state index in [1.54, 1.807) is 0 Å². The SMILES string of the molecule is O=[P@@]1(OCc2ccccc2)C=C[C@H](O)[C@@H](COC(c2ccccc2)(c2ccccc2)c2ccccc2)O1. The van der Waals surface area contributed by atoms with Gasteiger partial charge in [-0.15, -0.1) is 0 Å². The van der Waals surface area contributed by atoms with E-state index in [9.17, 15) is 9.67 Å². The van der Waals surface area contributed by atoms with Crippen LogP contribution in [0.15, 0.2) is 133 Å². The molecule has 37 heavy (non-hydrogen) atoms. The van der Waals surface area contributed by atoms with Crippen molar-refractivity contribution in [1.29, 1.82) is 0 Å². The van der Waals surface area contributed by atoms with Crippen molar-refractivity contribution >= 4 is 7.60 Å².